The van der Waals surface area contributed by atoms with E-state index in [0.29, 0.717) is 13.1 Å². The molecule has 6 heteroatoms. The van der Waals surface area contributed by atoms with Gasteiger partial charge in [0.15, 0.2) is 0 Å². The van der Waals surface area contributed by atoms with Crippen molar-refractivity contribution in [2.75, 3.05) is 32.4 Å². The number of fused-ring (bicyclic) bond motifs is 1. The van der Waals surface area contributed by atoms with Gasteiger partial charge in [-0.1, -0.05) is 48.5 Å². The molecule has 1 spiro atoms. The maximum Gasteiger partial charge on any atom is 0.211 e. The predicted molar refractivity (Wildman–Crippen MR) is 111 cm³/mol. The van der Waals surface area contributed by atoms with E-state index in [1.54, 1.807) is 4.31 Å². The monoisotopic (exact) mass is 400 g/mol. The summed E-state index contributed by atoms with van der Waals surface area (Å²) in [5.74, 6) is 0.818. The second-order valence-corrected chi connectivity index (χ2v) is 10.0. The number of likely N-dealkylation sites (tertiary alicyclic amines) is 1. The first-order valence-corrected chi connectivity index (χ1v) is 11.8. The van der Waals surface area contributed by atoms with Gasteiger partial charge in [-0.2, -0.15) is 4.31 Å². The molecule has 0 bridgehead atoms. The van der Waals surface area contributed by atoms with Gasteiger partial charge in [0.1, 0.15) is 11.4 Å². The van der Waals surface area contributed by atoms with Crippen LogP contribution >= 0.6 is 0 Å². The summed E-state index contributed by atoms with van der Waals surface area (Å²) in [4.78, 5) is 2.42. The molecule has 2 heterocycles. The van der Waals surface area contributed by atoms with Crippen molar-refractivity contribution in [1.82, 2.24) is 9.21 Å². The standard InChI is InChI=1S/C22H28N2O3S/c1-28(25,26)24-16-20-10-5-6-11-21(20)27-22(18-24)13-7-14-23(17-22)15-12-19-8-3-2-4-9-19/h2-6,8-11H,7,12-18H2,1H3. The Balaban J connectivity index is 1.55. The lowest BCUT2D eigenvalue weighted by atomic mass is 9.92. The summed E-state index contributed by atoms with van der Waals surface area (Å²) < 4.78 is 33.0. The summed E-state index contributed by atoms with van der Waals surface area (Å²) in [6.45, 7) is 3.51. The fraction of sp³-hybridized carbons (Fsp3) is 0.455. The number of para-hydroxylation sites is 1. The Labute approximate surface area is 168 Å². The summed E-state index contributed by atoms with van der Waals surface area (Å²) in [6, 6.07) is 18.3. The van der Waals surface area contributed by atoms with E-state index >= 15 is 0 Å². The molecule has 28 heavy (non-hydrogen) atoms. The van der Waals surface area contributed by atoms with Crippen molar-refractivity contribution >= 4 is 10.0 Å². The molecule has 150 valence electrons. The van der Waals surface area contributed by atoms with Crippen LogP contribution in [0, 0.1) is 0 Å². The lowest BCUT2D eigenvalue weighted by Gasteiger charge is -2.43. The lowest BCUT2D eigenvalue weighted by molar-refractivity contribution is -0.0149. The quantitative estimate of drug-likeness (QED) is 0.792. The molecule has 0 radical (unpaired) electrons. The topological polar surface area (TPSA) is 49.9 Å². The van der Waals surface area contributed by atoms with Crippen LogP contribution < -0.4 is 4.74 Å². The van der Waals surface area contributed by atoms with Crippen LogP contribution in [0.25, 0.3) is 0 Å². The molecule has 0 saturated carbocycles. The molecule has 1 atom stereocenters. The van der Waals surface area contributed by atoms with Crippen LogP contribution in [0.4, 0.5) is 0 Å². The van der Waals surface area contributed by atoms with Gasteiger partial charge in [0.2, 0.25) is 10.0 Å². The van der Waals surface area contributed by atoms with Gasteiger partial charge in [0, 0.05) is 25.2 Å². The SMILES string of the molecule is CS(=O)(=O)N1Cc2ccccc2OC2(CCCN(CCc3ccccc3)C2)C1. The second kappa shape index (κ2) is 7.85. The van der Waals surface area contributed by atoms with Crippen LogP contribution in [0.5, 0.6) is 5.75 Å². The van der Waals surface area contributed by atoms with Crippen LogP contribution in [0.1, 0.15) is 24.0 Å². The molecular weight excluding hydrogens is 372 g/mol. The van der Waals surface area contributed by atoms with Crippen molar-refractivity contribution in [1.29, 1.82) is 0 Å². The zero-order chi connectivity index (χ0) is 19.6. The number of piperidine rings is 1. The first-order chi connectivity index (χ1) is 13.4. The molecule has 1 saturated heterocycles. The van der Waals surface area contributed by atoms with Crippen LogP contribution in [0.3, 0.4) is 0 Å². The summed E-state index contributed by atoms with van der Waals surface area (Å²) in [6.07, 6.45) is 4.16. The van der Waals surface area contributed by atoms with E-state index in [2.05, 4.69) is 29.2 Å². The van der Waals surface area contributed by atoms with E-state index in [9.17, 15) is 8.42 Å². The Morgan fingerprint density at radius 1 is 1.04 bits per heavy atom. The number of nitrogens with zero attached hydrogens (tertiary/aromatic N) is 2. The third-order valence-corrected chi connectivity index (χ3v) is 6.95. The Bertz CT molecular complexity index is 916. The molecule has 2 aromatic carbocycles. The van der Waals surface area contributed by atoms with Crippen molar-refractivity contribution in [3.8, 4) is 5.75 Å². The number of hydrogen-bond donors (Lipinski definition) is 0. The van der Waals surface area contributed by atoms with Crippen LogP contribution in [0.2, 0.25) is 0 Å². The number of benzene rings is 2. The molecule has 0 amide bonds. The molecule has 2 aliphatic rings. The Morgan fingerprint density at radius 3 is 2.57 bits per heavy atom. The van der Waals surface area contributed by atoms with Crippen molar-refractivity contribution in [2.45, 2.75) is 31.4 Å². The minimum atomic E-state index is -3.31. The highest BCUT2D eigenvalue weighted by molar-refractivity contribution is 7.88. The summed E-state index contributed by atoms with van der Waals surface area (Å²) in [5, 5.41) is 0. The van der Waals surface area contributed by atoms with E-state index in [-0.39, 0.29) is 0 Å². The van der Waals surface area contributed by atoms with Gasteiger partial charge >= 0.3 is 0 Å². The zero-order valence-corrected chi connectivity index (χ0v) is 17.2. The maximum atomic E-state index is 12.4. The zero-order valence-electron chi connectivity index (χ0n) is 16.4. The number of sulfonamides is 1. The first kappa shape index (κ1) is 19.4. The average Bonchev–Trinajstić information content (AvgIpc) is 2.83. The van der Waals surface area contributed by atoms with Crippen molar-refractivity contribution in [3.63, 3.8) is 0 Å². The van der Waals surface area contributed by atoms with Crippen molar-refractivity contribution in [3.05, 3.63) is 65.7 Å². The molecule has 5 nitrogen and oxygen atoms in total. The highest BCUT2D eigenvalue weighted by Gasteiger charge is 2.43. The Hall–Kier alpha value is -1.89. The molecule has 1 fully saturated rings. The van der Waals surface area contributed by atoms with Crippen LogP contribution in [-0.4, -0.2) is 55.7 Å². The van der Waals surface area contributed by atoms with Gasteiger partial charge in [-0.05, 0) is 37.4 Å². The smallest absolute Gasteiger partial charge is 0.211 e. The van der Waals surface area contributed by atoms with E-state index < -0.39 is 15.6 Å². The average molecular weight is 401 g/mol. The molecule has 2 aromatic rings. The van der Waals surface area contributed by atoms with Gasteiger partial charge in [0.05, 0.1) is 12.8 Å². The minimum absolute atomic E-state index is 0.376. The van der Waals surface area contributed by atoms with Crippen LogP contribution in [-0.2, 0) is 23.0 Å². The third kappa shape index (κ3) is 4.40. The van der Waals surface area contributed by atoms with Crippen molar-refractivity contribution in [2.24, 2.45) is 0 Å². The highest BCUT2D eigenvalue weighted by Crippen LogP contribution is 2.35. The molecule has 4 rings (SSSR count). The van der Waals surface area contributed by atoms with Gasteiger partial charge in [-0.3, -0.25) is 4.90 Å². The summed E-state index contributed by atoms with van der Waals surface area (Å²) in [5.41, 5.74) is 1.77. The summed E-state index contributed by atoms with van der Waals surface area (Å²) >= 11 is 0. The second-order valence-electron chi connectivity index (χ2n) is 8.04. The van der Waals surface area contributed by atoms with Crippen LogP contribution in [0.15, 0.2) is 54.6 Å². The largest absolute Gasteiger partial charge is 0.484 e. The van der Waals surface area contributed by atoms with Gasteiger partial charge in [0.25, 0.3) is 0 Å². The number of hydrogen-bond acceptors (Lipinski definition) is 4. The lowest BCUT2D eigenvalue weighted by Crippen LogP contribution is -2.57. The fourth-order valence-corrected chi connectivity index (χ4v) is 5.17. The molecular formula is C22H28N2O3S. The van der Waals surface area contributed by atoms with E-state index in [4.69, 9.17) is 4.74 Å². The van der Waals surface area contributed by atoms with E-state index in [0.717, 1.165) is 50.2 Å². The fourth-order valence-electron chi connectivity index (χ4n) is 4.33. The van der Waals surface area contributed by atoms with E-state index in [1.165, 1.54) is 11.8 Å². The highest BCUT2D eigenvalue weighted by atomic mass is 32.2. The summed E-state index contributed by atoms with van der Waals surface area (Å²) in [7, 11) is -3.31. The van der Waals surface area contributed by atoms with E-state index in [1.807, 2.05) is 30.3 Å². The Kier molecular flexibility index (Phi) is 5.45. The normalized spacial score (nSPS) is 23.8. The first-order valence-electron chi connectivity index (χ1n) is 9.92. The van der Waals surface area contributed by atoms with Gasteiger partial charge in [-0.15, -0.1) is 0 Å². The van der Waals surface area contributed by atoms with Crippen molar-refractivity contribution < 1.29 is 13.2 Å². The predicted octanol–water partition coefficient (Wildman–Crippen LogP) is 2.92. The molecule has 2 aliphatic heterocycles. The van der Waals surface area contributed by atoms with Gasteiger partial charge < -0.3 is 4.74 Å². The molecule has 1 unspecified atom stereocenters. The Morgan fingerprint density at radius 2 is 1.79 bits per heavy atom. The molecule has 0 aliphatic carbocycles. The molecule has 0 aromatic heterocycles. The minimum Gasteiger partial charge on any atom is -0.484 e. The maximum absolute atomic E-state index is 12.4. The third-order valence-electron chi connectivity index (χ3n) is 5.76. The number of ether oxygens (including phenoxy) is 1. The van der Waals surface area contributed by atoms with Gasteiger partial charge in [-0.25, -0.2) is 8.42 Å². The molecule has 0 N–H and O–H groups in total. The number of rotatable bonds is 4.